The molecule has 6 nitrogen and oxygen atoms in total. The van der Waals surface area contributed by atoms with Crippen LogP contribution in [0.5, 0.6) is 0 Å². The van der Waals surface area contributed by atoms with Crippen molar-refractivity contribution in [3.8, 4) is 0 Å². The maximum Gasteiger partial charge on any atom is 0.410 e. The molecular weight excluding hydrogens is 308 g/mol. The van der Waals surface area contributed by atoms with Crippen LogP contribution in [-0.4, -0.2) is 48.2 Å². The van der Waals surface area contributed by atoms with Gasteiger partial charge in [0, 0.05) is 19.1 Å². The van der Waals surface area contributed by atoms with Gasteiger partial charge >= 0.3 is 12.1 Å². The number of nitrogens with zero attached hydrogens (tertiary/aromatic N) is 1. The SMILES string of the molecule is CC(C)(C)OC(=O)N1CCC(NCC(=O)OCc2ccccc2)C1. The Morgan fingerprint density at radius 1 is 1.25 bits per heavy atom. The van der Waals surface area contributed by atoms with Crippen LogP contribution >= 0.6 is 0 Å². The first kappa shape index (κ1) is 18.3. The second-order valence-corrected chi connectivity index (χ2v) is 6.94. The van der Waals surface area contributed by atoms with Crippen molar-refractivity contribution in [2.45, 2.75) is 45.4 Å². The fraction of sp³-hybridized carbons (Fsp3) is 0.556. The topological polar surface area (TPSA) is 67.9 Å². The lowest BCUT2D eigenvalue weighted by atomic mass is 10.2. The monoisotopic (exact) mass is 334 g/mol. The summed E-state index contributed by atoms with van der Waals surface area (Å²) in [5.74, 6) is -0.297. The molecule has 6 heteroatoms. The van der Waals surface area contributed by atoms with Gasteiger partial charge in [0.1, 0.15) is 12.2 Å². The van der Waals surface area contributed by atoms with Gasteiger partial charge in [-0.1, -0.05) is 30.3 Å². The molecule has 1 aliphatic heterocycles. The lowest BCUT2D eigenvalue weighted by Gasteiger charge is -2.24. The van der Waals surface area contributed by atoms with Gasteiger partial charge in [-0.15, -0.1) is 0 Å². The Morgan fingerprint density at radius 2 is 1.96 bits per heavy atom. The first-order chi connectivity index (χ1) is 11.3. The zero-order valence-electron chi connectivity index (χ0n) is 14.6. The van der Waals surface area contributed by atoms with Gasteiger partial charge in [0.25, 0.3) is 0 Å². The highest BCUT2D eigenvalue weighted by Crippen LogP contribution is 2.15. The molecule has 1 saturated heterocycles. The molecular formula is C18H26N2O4. The lowest BCUT2D eigenvalue weighted by Crippen LogP contribution is -2.39. The van der Waals surface area contributed by atoms with E-state index in [0.29, 0.717) is 13.1 Å². The van der Waals surface area contributed by atoms with E-state index in [4.69, 9.17) is 9.47 Å². The van der Waals surface area contributed by atoms with E-state index in [-0.39, 0.29) is 31.3 Å². The summed E-state index contributed by atoms with van der Waals surface area (Å²) in [6.45, 7) is 7.13. The third-order valence-corrected chi connectivity index (χ3v) is 3.62. The summed E-state index contributed by atoms with van der Waals surface area (Å²) in [4.78, 5) is 25.4. The Morgan fingerprint density at radius 3 is 2.62 bits per heavy atom. The number of esters is 1. The molecule has 1 aromatic rings. The smallest absolute Gasteiger partial charge is 0.410 e. The Labute approximate surface area is 143 Å². The second kappa shape index (κ2) is 8.15. The summed E-state index contributed by atoms with van der Waals surface area (Å²) in [6.07, 6.45) is 0.490. The molecule has 0 bridgehead atoms. The summed E-state index contributed by atoms with van der Waals surface area (Å²) >= 11 is 0. The standard InChI is InChI=1S/C18H26N2O4/c1-18(2,3)24-17(22)20-10-9-15(12-20)19-11-16(21)23-13-14-7-5-4-6-8-14/h4-8,15,19H,9-13H2,1-3H3. The highest BCUT2D eigenvalue weighted by molar-refractivity contribution is 5.72. The lowest BCUT2D eigenvalue weighted by molar-refractivity contribution is -0.143. The summed E-state index contributed by atoms with van der Waals surface area (Å²) in [6, 6.07) is 9.65. The van der Waals surface area contributed by atoms with Gasteiger partial charge in [0.15, 0.2) is 0 Å². The zero-order chi connectivity index (χ0) is 17.6. The number of hydrogen-bond donors (Lipinski definition) is 1. The van der Waals surface area contributed by atoms with Gasteiger partial charge in [-0.2, -0.15) is 0 Å². The van der Waals surface area contributed by atoms with Crippen LogP contribution in [0.2, 0.25) is 0 Å². The van der Waals surface area contributed by atoms with Gasteiger partial charge < -0.3 is 19.7 Å². The number of hydrogen-bond acceptors (Lipinski definition) is 5. The maximum atomic E-state index is 12.0. The predicted octanol–water partition coefficient (Wildman–Crippen LogP) is 2.33. The molecule has 0 spiro atoms. The molecule has 1 fully saturated rings. The van der Waals surface area contributed by atoms with Crippen LogP contribution in [0.1, 0.15) is 32.8 Å². The number of likely N-dealkylation sites (tertiary alicyclic amines) is 1. The molecule has 24 heavy (non-hydrogen) atoms. The predicted molar refractivity (Wildman–Crippen MR) is 90.5 cm³/mol. The number of nitrogens with one attached hydrogen (secondary N) is 1. The third kappa shape index (κ3) is 6.20. The van der Waals surface area contributed by atoms with E-state index in [9.17, 15) is 9.59 Å². The molecule has 1 amide bonds. The molecule has 0 aliphatic carbocycles. The highest BCUT2D eigenvalue weighted by Gasteiger charge is 2.29. The first-order valence-electron chi connectivity index (χ1n) is 8.24. The quantitative estimate of drug-likeness (QED) is 0.837. The molecule has 2 rings (SSSR count). The van der Waals surface area contributed by atoms with Crippen LogP contribution in [0.4, 0.5) is 4.79 Å². The normalized spacial score (nSPS) is 17.6. The average Bonchev–Trinajstić information content (AvgIpc) is 2.99. The zero-order valence-corrected chi connectivity index (χ0v) is 14.6. The number of carbonyl (C=O) groups excluding carboxylic acids is 2. The van der Waals surface area contributed by atoms with E-state index in [2.05, 4.69) is 5.32 Å². The second-order valence-electron chi connectivity index (χ2n) is 6.94. The minimum absolute atomic E-state index is 0.0850. The molecule has 0 radical (unpaired) electrons. The molecule has 1 aliphatic rings. The molecule has 1 aromatic carbocycles. The Hall–Kier alpha value is -2.08. The number of carbonyl (C=O) groups is 2. The molecule has 132 valence electrons. The van der Waals surface area contributed by atoms with Crippen LogP contribution in [-0.2, 0) is 20.9 Å². The highest BCUT2D eigenvalue weighted by atomic mass is 16.6. The number of ether oxygens (including phenoxy) is 2. The average molecular weight is 334 g/mol. The largest absolute Gasteiger partial charge is 0.460 e. The van der Waals surface area contributed by atoms with Gasteiger partial charge in [-0.3, -0.25) is 4.79 Å². The summed E-state index contributed by atoms with van der Waals surface area (Å²) in [5.41, 5.74) is 0.465. The molecule has 1 N–H and O–H groups in total. The molecule has 0 saturated carbocycles. The van der Waals surface area contributed by atoms with Crippen molar-refractivity contribution in [2.24, 2.45) is 0 Å². The van der Waals surface area contributed by atoms with Crippen LogP contribution in [0.3, 0.4) is 0 Å². The fourth-order valence-corrected chi connectivity index (χ4v) is 2.44. The molecule has 1 unspecified atom stereocenters. The van der Waals surface area contributed by atoms with Gasteiger partial charge in [0.05, 0.1) is 6.54 Å². The fourth-order valence-electron chi connectivity index (χ4n) is 2.44. The first-order valence-corrected chi connectivity index (χ1v) is 8.24. The van der Waals surface area contributed by atoms with E-state index >= 15 is 0 Å². The number of benzene rings is 1. The molecule has 0 aromatic heterocycles. The van der Waals surface area contributed by atoms with E-state index in [0.717, 1.165) is 12.0 Å². The van der Waals surface area contributed by atoms with Crippen molar-refractivity contribution in [1.29, 1.82) is 0 Å². The number of rotatable bonds is 5. The molecule has 1 atom stereocenters. The Balaban J connectivity index is 1.66. The van der Waals surface area contributed by atoms with Crippen molar-refractivity contribution in [1.82, 2.24) is 10.2 Å². The van der Waals surface area contributed by atoms with Crippen LogP contribution in [0.25, 0.3) is 0 Å². The van der Waals surface area contributed by atoms with Crippen LogP contribution in [0, 0.1) is 0 Å². The summed E-state index contributed by atoms with van der Waals surface area (Å²) in [5, 5.41) is 3.14. The van der Waals surface area contributed by atoms with E-state index in [1.165, 1.54) is 0 Å². The van der Waals surface area contributed by atoms with Crippen molar-refractivity contribution >= 4 is 12.1 Å². The Bertz CT molecular complexity index is 554. The minimum atomic E-state index is -0.496. The van der Waals surface area contributed by atoms with E-state index in [1.807, 2.05) is 51.1 Å². The van der Waals surface area contributed by atoms with E-state index < -0.39 is 5.60 Å². The van der Waals surface area contributed by atoms with Gasteiger partial charge in [-0.25, -0.2) is 4.79 Å². The number of amides is 1. The minimum Gasteiger partial charge on any atom is -0.460 e. The Kier molecular flexibility index (Phi) is 6.20. The summed E-state index contributed by atoms with van der Waals surface area (Å²) < 4.78 is 10.6. The van der Waals surface area contributed by atoms with Crippen molar-refractivity contribution in [3.05, 3.63) is 35.9 Å². The van der Waals surface area contributed by atoms with Gasteiger partial charge in [0.2, 0.25) is 0 Å². The van der Waals surface area contributed by atoms with Crippen molar-refractivity contribution in [3.63, 3.8) is 0 Å². The van der Waals surface area contributed by atoms with Crippen LogP contribution in [0.15, 0.2) is 30.3 Å². The van der Waals surface area contributed by atoms with Crippen molar-refractivity contribution < 1.29 is 19.1 Å². The van der Waals surface area contributed by atoms with E-state index in [1.54, 1.807) is 4.90 Å². The summed E-state index contributed by atoms with van der Waals surface area (Å²) in [7, 11) is 0. The van der Waals surface area contributed by atoms with Crippen molar-refractivity contribution in [2.75, 3.05) is 19.6 Å². The molecule has 1 heterocycles. The third-order valence-electron chi connectivity index (χ3n) is 3.62. The van der Waals surface area contributed by atoms with Gasteiger partial charge in [-0.05, 0) is 32.8 Å². The maximum absolute atomic E-state index is 12.0. The van der Waals surface area contributed by atoms with Crippen LogP contribution < -0.4 is 5.32 Å².